The Labute approximate surface area is 125 Å². The molecule has 2 rings (SSSR count). The molecule has 0 aromatic carbocycles. The van der Waals surface area contributed by atoms with Gasteiger partial charge < -0.3 is 9.80 Å². The first-order valence-electron chi connectivity index (χ1n) is 6.63. The zero-order valence-corrected chi connectivity index (χ0v) is 14.0. The molecule has 10 heteroatoms. The third-order valence-corrected chi connectivity index (χ3v) is 6.83. The molecule has 2 fully saturated rings. The van der Waals surface area contributed by atoms with Crippen LogP contribution >= 0.6 is 0 Å². The molecule has 2 saturated heterocycles. The summed E-state index contributed by atoms with van der Waals surface area (Å²) in [5.41, 5.74) is 0. The Morgan fingerprint density at radius 3 is 2.29 bits per heavy atom. The number of amides is 1. The van der Waals surface area contributed by atoms with Gasteiger partial charge in [-0.1, -0.05) is 0 Å². The zero-order chi connectivity index (χ0) is 16.0. The van der Waals surface area contributed by atoms with Crippen molar-refractivity contribution < 1.29 is 21.6 Å². The van der Waals surface area contributed by atoms with Crippen LogP contribution in [0.1, 0.15) is 0 Å². The van der Waals surface area contributed by atoms with E-state index in [1.165, 1.54) is 9.21 Å². The van der Waals surface area contributed by atoms with Crippen molar-refractivity contribution in [3.05, 3.63) is 0 Å². The summed E-state index contributed by atoms with van der Waals surface area (Å²) >= 11 is 0. The molecule has 122 valence electrons. The summed E-state index contributed by atoms with van der Waals surface area (Å²) in [6, 6.07) is -1.24. The van der Waals surface area contributed by atoms with Gasteiger partial charge in [0.2, 0.25) is 15.9 Å². The molecule has 2 aliphatic rings. The van der Waals surface area contributed by atoms with Gasteiger partial charge >= 0.3 is 0 Å². The van der Waals surface area contributed by atoms with Crippen molar-refractivity contribution in [2.75, 3.05) is 51.5 Å². The number of piperazine rings is 1. The van der Waals surface area contributed by atoms with Gasteiger partial charge in [-0.15, -0.1) is 0 Å². The fraction of sp³-hybridized carbons (Fsp3) is 0.909. The molecule has 0 radical (unpaired) electrons. The maximum Gasteiger partial charge on any atom is 0.237 e. The van der Waals surface area contributed by atoms with E-state index in [1.807, 2.05) is 0 Å². The molecule has 21 heavy (non-hydrogen) atoms. The number of carbonyl (C=O) groups excluding carboxylic acids is 1. The van der Waals surface area contributed by atoms with Crippen molar-refractivity contribution in [3.8, 4) is 0 Å². The summed E-state index contributed by atoms with van der Waals surface area (Å²) < 4.78 is 48.6. The van der Waals surface area contributed by atoms with Crippen LogP contribution in [0.15, 0.2) is 0 Å². The summed E-state index contributed by atoms with van der Waals surface area (Å²) in [7, 11) is -3.30. The van der Waals surface area contributed by atoms with E-state index >= 15 is 0 Å². The Kier molecular flexibility index (Phi) is 4.35. The number of sulfone groups is 1. The van der Waals surface area contributed by atoms with Crippen LogP contribution in [0, 0.1) is 0 Å². The molecule has 0 aliphatic carbocycles. The van der Waals surface area contributed by atoms with Gasteiger partial charge in [-0.3, -0.25) is 4.79 Å². The number of likely N-dealkylation sites (N-methyl/N-ethyl adjacent to an activating group) is 1. The number of carbonyl (C=O) groups is 1. The Morgan fingerprint density at radius 1 is 1.19 bits per heavy atom. The van der Waals surface area contributed by atoms with E-state index in [1.54, 1.807) is 19.0 Å². The fourth-order valence-electron chi connectivity index (χ4n) is 3.00. The Bertz CT molecular complexity index is 628. The summed E-state index contributed by atoms with van der Waals surface area (Å²) in [6.45, 7) is 0.563. The van der Waals surface area contributed by atoms with Crippen molar-refractivity contribution >= 4 is 25.8 Å². The lowest BCUT2D eigenvalue weighted by Crippen LogP contribution is -2.62. The topological polar surface area (TPSA) is 95.1 Å². The number of rotatable bonds is 3. The molecule has 0 spiro atoms. The van der Waals surface area contributed by atoms with Crippen LogP contribution in [0.25, 0.3) is 0 Å². The number of hydrogen-bond donors (Lipinski definition) is 0. The Balaban J connectivity index is 2.29. The minimum Gasteiger partial charge on any atom is -0.335 e. The lowest BCUT2D eigenvalue weighted by Gasteiger charge is -2.42. The third kappa shape index (κ3) is 3.55. The molecule has 0 saturated carbocycles. The smallest absolute Gasteiger partial charge is 0.237 e. The summed E-state index contributed by atoms with van der Waals surface area (Å²) in [5.74, 6) is -0.542. The number of nitrogens with zero attached hydrogens (tertiary/aromatic N) is 3. The predicted octanol–water partition coefficient (Wildman–Crippen LogP) is -2.18. The lowest BCUT2D eigenvalue weighted by atomic mass is 10.1. The monoisotopic (exact) mass is 339 g/mol. The molecule has 8 nitrogen and oxygen atoms in total. The first-order valence-corrected chi connectivity index (χ1v) is 10.3. The average molecular weight is 339 g/mol. The summed E-state index contributed by atoms with van der Waals surface area (Å²) in [5, 5.41) is 0. The average Bonchev–Trinajstić information content (AvgIpc) is 2.59. The molecule has 2 aliphatic heterocycles. The van der Waals surface area contributed by atoms with Crippen LogP contribution in [-0.4, -0.2) is 100 Å². The van der Waals surface area contributed by atoms with E-state index in [0.29, 0.717) is 0 Å². The lowest BCUT2D eigenvalue weighted by molar-refractivity contribution is -0.136. The minimum atomic E-state index is -3.48. The molecule has 0 bridgehead atoms. The highest BCUT2D eigenvalue weighted by molar-refractivity contribution is 7.92. The summed E-state index contributed by atoms with van der Waals surface area (Å²) in [4.78, 5) is 15.5. The van der Waals surface area contributed by atoms with Crippen molar-refractivity contribution in [2.24, 2.45) is 0 Å². The highest BCUT2D eigenvalue weighted by Crippen LogP contribution is 2.28. The molecule has 0 aromatic heterocycles. The van der Waals surface area contributed by atoms with Crippen LogP contribution in [0.5, 0.6) is 0 Å². The highest BCUT2D eigenvalue weighted by atomic mass is 32.2. The largest absolute Gasteiger partial charge is 0.335 e. The van der Waals surface area contributed by atoms with E-state index in [4.69, 9.17) is 0 Å². The second kappa shape index (κ2) is 5.49. The minimum absolute atomic E-state index is 0.148. The van der Waals surface area contributed by atoms with E-state index in [-0.39, 0.29) is 37.0 Å². The molecule has 0 aromatic rings. The highest BCUT2D eigenvalue weighted by Gasteiger charge is 2.50. The van der Waals surface area contributed by atoms with E-state index in [0.717, 1.165) is 6.26 Å². The molecule has 2 atom stereocenters. The first-order chi connectivity index (χ1) is 9.51. The number of fused-ring (bicyclic) bond motifs is 1. The van der Waals surface area contributed by atoms with E-state index in [2.05, 4.69) is 0 Å². The molecule has 2 unspecified atom stereocenters. The van der Waals surface area contributed by atoms with Crippen molar-refractivity contribution in [3.63, 3.8) is 0 Å². The fourth-order valence-corrected chi connectivity index (χ4v) is 6.20. The van der Waals surface area contributed by atoms with Gasteiger partial charge in [-0.05, 0) is 14.1 Å². The normalized spacial score (nSPS) is 29.6. The standard InChI is InChI=1S/C11H21N3O5S2/c1-12(2)6-11(15)13-4-5-14(20(3,16)17)10-8-21(18,19)7-9(10)13/h9-10H,4-8H2,1-3H3. The second-order valence-electron chi connectivity index (χ2n) is 5.91. The SMILES string of the molecule is CN(C)CC(=O)N1CCN(S(C)(=O)=O)C2CS(=O)(=O)CC21. The molecule has 0 N–H and O–H groups in total. The maximum atomic E-state index is 12.2. The Hall–Kier alpha value is -0.710. The van der Waals surface area contributed by atoms with E-state index in [9.17, 15) is 21.6 Å². The number of sulfonamides is 1. The van der Waals surface area contributed by atoms with Gasteiger partial charge in [0.05, 0.1) is 36.4 Å². The van der Waals surface area contributed by atoms with E-state index < -0.39 is 31.9 Å². The predicted molar refractivity (Wildman–Crippen MR) is 78.0 cm³/mol. The zero-order valence-electron chi connectivity index (χ0n) is 12.4. The third-order valence-electron chi connectivity index (χ3n) is 3.82. The van der Waals surface area contributed by atoms with Crippen LogP contribution in [-0.2, 0) is 24.7 Å². The van der Waals surface area contributed by atoms with Gasteiger partial charge in [0.15, 0.2) is 9.84 Å². The van der Waals surface area contributed by atoms with Gasteiger partial charge in [-0.25, -0.2) is 16.8 Å². The molecule has 1 amide bonds. The number of hydrogen-bond acceptors (Lipinski definition) is 6. The van der Waals surface area contributed by atoms with Crippen LogP contribution in [0.4, 0.5) is 0 Å². The van der Waals surface area contributed by atoms with Gasteiger partial charge in [0.25, 0.3) is 0 Å². The van der Waals surface area contributed by atoms with Crippen molar-refractivity contribution in [1.82, 2.24) is 14.1 Å². The summed E-state index contributed by atoms with van der Waals surface area (Å²) in [6.07, 6.45) is 1.08. The Morgan fingerprint density at radius 2 is 1.76 bits per heavy atom. The second-order valence-corrected chi connectivity index (χ2v) is 10.00. The van der Waals surface area contributed by atoms with Crippen LogP contribution < -0.4 is 0 Å². The van der Waals surface area contributed by atoms with Crippen LogP contribution in [0.3, 0.4) is 0 Å². The molecular formula is C11H21N3O5S2. The van der Waals surface area contributed by atoms with Gasteiger partial charge in [-0.2, -0.15) is 4.31 Å². The van der Waals surface area contributed by atoms with Crippen LogP contribution in [0.2, 0.25) is 0 Å². The molecule has 2 heterocycles. The maximum absolute atomic E-state index is 12.2. The van der Waals surface area contributed by atoms with Crippen molar-refractivity contribution in [2.45, 2.75) is 12.1 Å². The van der Waals surface area contributed by atoms with Gasteiger partial charge in [0, 0.05) is 13.1 Å². The first kappa shape index (κ1) is 16.7. The van der Waals surface area contributed by atoms with Crippen molar-refractivity contribution in [1.29, 1.82) is 0 Å². The quantitative estimate of drug-likeness (QED) is 0.580. The van der Waals surface area contributed by atoms with Gasteiger partial charge in [0.1, 0.15) is 0 Å². The molecular weight excluding hydrogens is 318 g/mol.